The Balaban J connectivity index is 1.27. The summed E-state index contributed by atoms with van der Waals surface area (Å²) in [6.07, 6.45) is 22.4. The van der Waals surface area contributed by atoms with E-state index in [0.717, 1.165) is 41.2 Å². The maximum absolute atomic E-state index is 12.6. The standard InChI is InChI=1S/C33H47N3O/c1-2-3-4-5-6-7-8-9-10-11-12-13-14-15-19-26-32(37)35-30-25-21-20-24-29(30)31-27-34-33(36-31)28-22-17-16-18-23-28/h16-18,20-25,27H,2-15,19,26H2,1H3,(H,34,36)(H,35,37). The fourth-order valence-electron chi connectivity index (χ4n) is 4.90. The number of carbonyl (C=O) groups is 1. The van der Waals surface area contributed by atoms with E-state index in [0.29, 0.717) is 6.42 Å². The molecule has 0 atom stereocenters. The van der Waals surface area contributed by atoms with Gasteiger partial charge in [-0.05, 0) is 12.5 Å². The molecule has 0 aliphatic carbocycles. The van der Waals surface area contributed by atoms with Crippen LogP contribution < -0.4 is 5.32 Å². The smallest absolute Gasteiger partial charge is 0.224 e. The number of carbonyl (C=O) groups excluding carboxylic acids is 1. The lowest BCUT2D eigenvalue weighted by atomic mass is 10.0. The molecule has 2 N–H and O–H groups in total. The van der Waals surface area contributed by atoms with Gasteiger partial charge in [-0.25, -0.2) is 4.98 Å². The van der Waals surface area contributed by atoms with Crippen molar-refractivity contribution in [2.75, 3.05) is 5.32 Å². The zero-order chi connectivity index (χ0) is 26.0. The van der Waals surface area contributed by atoms with Crippen LogP contribution in [0.5, 0.6) is 0 Å². The van der Waals surface area contributed by atoms with Gasteiger partial charge in [0, 0.05) is 17.5 Å². The summed E-state index contributed by atoms with van der Waals surface area (Å²) in [7, 11) is 0. The Hall–Kier alpha value is -2.88. The number of hydrogen-bond acceptors (Lipinski definition) is 2. The maximum Gasteiger partial charge on any atom is 0.224 e. The van der Waals surface area contributed by atoms with Crippen molar-refractivity contribution in [2.24, 2.45) is 0 Å². The molecule has 0 spiro atoms. The molecule has 0 aliphatic rings. The lowest BCUT2D eigenvalue weighted by Gasteiger charge is -2.10. The number of benzene rings is 2. The lowest BCUT2D eigenvalue weighted by molar-refractivity contribution is -0.116. The molecule has 1 amide bonds. The van der Waals surface area contributed by atoms with Crippen LogP contribution in [0.4, 0.5) is 5.69 Å². The van der Waals surface area contributed by atoms with Crippen LogP contribution in [0.15, 0.2) is 60.8 Å². The van der Waals surface area contributed by atoms with E-state index in [1.54, 1.807) is 0 Å². The third-order valence-electron chi connectivity index (χ3n) is 7.12. The summed E-state index contributed by atoms with van der Waals surface area (Å²) in [5.74, 6) is 0.916. The molecule has 3 rings (SSSR count). The monoisotopic (exact) mass is 501 g/mol. The molecule has 0 bridgehead atoms. The highest BCUT2D eigenvalue weighted by Gasteiger charge is 2.11. The van der Waals surface area contributed by atoms with E-state index in [4.69, 9.17) is 0 Å². The fourth-order valence-corrected chi connectivity index (χ4v) is 4.90. The van der Waals surface area contributed by atoms with Gasteiger partial charge in [-0.2, -0.15) is 0 Å². The van der Waals surface area contributed by atoms with Crippen LogP contribution in [0.1, 0.15) is 110 Å². The minimum atomic E-state index is 0.0879. The lowest BCUT2D eigenvalue weighted by Crippen LogP contribution is -2.11. The average molecular weight is 502 g/mol. The van der Waals surface area contributed by atoms with Gasteiger partial charge in [0.05, 0.1) is 17.6 Å². The molecule has 37 heavy (non-hydrogen) atoms. The number of rotatable bonds is 19. The second-order valence-corrected chi connectivity index (χ2v) is 10.3. The fraction of sp³-hybridized carbons (Fsp3) is 0.515. The van der Waals surface area contributed by atoms with Gasteiger partial charge in [-0.15, -0.1) is 0 Å². The third kappa shape index (κ3) is 11.0. The number of imidazole rings is 1. The number of para-hydroxylation sites is 1. The number of aromatic amines is 1. The Morgan fingerprint density at radius 2 is 1.24 bits per heavy atom. The van der Waals surface area contributed by atoms with Gasteiger partial charge < -0.3 is 10.3 Å². The predicted molar refractivity (Wildman–Crippen MR) is 158 cm³/mol. The van der Waals surface area contributed by atoms with E-state index in [2.05, 4.69) is 22.2 Å². The highest BCUT2D eigenvalue weighted by Crippen LogP contribution is 2.28. The molecule has 200 valence electrons. The van der Waals surface area contributed by atoms with Gasteiger partial charge >= 0.3 is 0 Å². The third-order valence-corrected chi connectivity index (χ3v) is 7.12. The minimum Gasteiger partial charge on any atom is -0.338 e. The minimum absolute atomic E-state index is 0.0879. The quantitative estimate of drug-likeness (QED) is 0.161. The van der Waals surface area contributed by atoms with E-state index in [1.165, 1.54) is 83.5 Å². The van der Waals surface area contributed by atoms with E-state index in [1.807, 2.05) is 60.8 Å². The predicted octanol–water partition coefficient (Wildman–Crippen LogP) is 9.94. The Morgan fingerprint density at radius 3 is 1.86 bits per heavy atom. The van der Waals surface area contributed by atoms with E-state index in [9.17, 15) is 4.79 Å². The Kier molecular flexibility index (Phi) is 13.6. The second-order valence-electron chi connectivity index (χ2n) is 10.3. The summed E-state index contributed by atoms with van der Waals surface area (Å²) in [5, 5.41) is 3.12. The number of aromatic nitrogens is 2. The van der Waals surface area contributed by atoms with Gasteiger partial charge in [-0.1, -0.05) is 145 Å². The molecule has 4 nitrogen and oxygen atoms in total. The molecule has 0 fully saturated rings. The van der Waals surface area contributed by atoms with Crippen molar-refractivity contribution in [2.45, 2.75) is 110 Å². The van der Waals surface area contributed by atoms with Crippen LogP contribution in [0, 0.1) is 0 Å². The molecule has 0 aliphatic heterocycles. The van der Waals surface area contributed by atoms with Crippen LogP contribution >= 0.6 is 0 Å². The van der Waals surface area contributed by atoms with Crippen molar-refractivity contribution < 1.29 is 4.79 Å². The van der Waals surface area contributed by atoms with E-state index >= 15 is 0 Å². The second kappa shape index (κ2) is 17.6. The first-order valence-electron chi connectivity index (χ1n) is 14.8. The van der Waals surface area contributed by atoms with Crippen molar-refractivity contribution in [3.8, 4) is 22.6 Å². The molecule has 2 aromatic carbocycles. The molecule has 0 saturated heterocycles. The number of unbranched alkanes of at least 4 members (excludes halogenated alkanes) is 14. The van der Waals surface area contributed by atoms with Crippen molar-refractivity contribution in [1.82, 2.24) is 9.97 Å². The zero-order valence-electron chi connectivity index (χ0n) is 22.9. The van der Waals surface area contributed by atoms with Crippen LogP contribution in [0.3, 0.4) is 0 Å². The van der Waals surface area contributed by atoms with Crippen molar-refractivity contribution in [3.05, 3.63) is 60.8 Å². The van der Waals surface area contributed by atoms with Crippen LogP contribution in [0.25, 0.3) is 22.6 Å². The number of hydrogen-bond donors (Lipinski definition) is 2. The zero-order valence-corrected chi connectivity index (χ0v) is 22.9. The first kappa shape index (κ1) is 28.7. The summed E-state index contributed by atoms with van der Waals surface area (Å²) in [6.45, 7) is 2.28. The molecule has 0 saturated carbocycles. The molecule has 0 radical (unpaired) electrons. The number of anilines is 1. The Labute approximate surface area is 224 Å². The summed E-state index contributed by atoms with van der Waals surface area (Å²) in [5.41, 5.74) is 3.74. The molecule has 3 aromatic rings. The SMILES string of the molecule is CCCCCCCCCCCCCCCCCC(=O)Nc1ccccc1-c1cnc(-c2ccccc2)[nH]1. The van der Waals surface area contributed by atoms with Crippen LogP contribution in [-0.2, 0) is 4.79 Å². The Bertz CT molecular complexity index is 1010. The summed E-state index contributed by atoms with van der Waals surface area (Å²) in [6, 6.07) is 18.0. The number of nitrogens with one attached hydrogen (secondary N) is 2. The normalized spacial score (nSPS) is 11.1. The summed E-state index contributed by atoms with van der Waals surface area (Å²) >= 11 is 0. The molecule has 1 aromatic heterocycles. The highest BCUT2D eigenvalue weighted by atomic mass is 16.1. The van der Waals surface area contributed by atoms with Gasteiger partial charge in [0.1, 0.15) is 5.82 Å². The highest BCUT2D eigenvalue weighted by molar-refractivity contribution is 5.95. The average Bonchev–Trinajstić information content (AvgIpc) is 3.42. The van der Waals surface area contributed by atoms with Crippen molar-refractivity contribution >= 4 is 11.6 Å². The van der Waals surface area contributed by atoms with E-state index in [-0.39, 0.29) is 5.91 Å². The Morgan fingerprint density at radius 1 is 0.703 bits per heavy atom. The number of nitrogens with zero attached hydrogens (tertiary/aromatic N) is 1. The molecular weight excluding hydrogens is 454 g/mol. The first-order chi connectivity index (χ1) is 18.3. The van der Waals surface area contributed by atoms with Gasteiger partial charge in [0.15, 0.2) is 0 Å². The van der Waals surface area contributed by atoms with Crippen molar-refractivity contribution in [1.29, 1.82) is 0 Å². The first-order valence-corrected chi connectivity index (χ1v) is 14.8. The molecule has 0 unspecified atom stereocenters. The van der Waals surface area contributed by atoms with Crippen LogP contribution in [0.2, 0.25) is 0 Å². The largest absolute Gasteiger partial charge is 0.338 e. The van der Waals surface area contributed by atoms with E-state index < -0.39 is 0 Å². The van der Waals surface area contributed by atoms with Gasteiger partial charge in [0.2, 0.25) is 5.91 Å². The van der Waals surface area contributed by atoms with Gasteiger partial charge in [-0.3, -0.25) is 4.79 Å². The topological polar surface area (TPSA) is 57.8 Å². The summed E-state index contributed by atoms with van der Waals surface area (Å²) < 4.78 is 0. The van der Waals surface area contributed by atoms with Crippen LogP contribution in [-0.4, -0.2) is 15.9 Å². The maximum atomic E-state index is 12.6. The number of amides is 1. The summed E-state index contributed by atoms with van der Waals surface area (Å²) in [4.78, 5) is 20.6. The molecule has 1 heterocycles. The molecule has 4 heteroatoms. The van der Waals surface area contributed by atoms with Crippen molar-refractivity contribution in [3.63, 3.8) is 0 Å². The van der Waals surface area contributed by atoms with Gasteiger partial charge in [0.25, 0.3) is 0 Å². The number of H-pyrrole nitrogens is 1. The molecular formula is C33H47N3O.